The maximum atomic E-state index is 9.29. The first-order valence-corrected chi connectivity index (χ1v) is 16.7. The van der Waals surface area contributed by atoms with Crippen molar-refractivity contribution in [3.05, 3.63) is 0 Å². The van der Waals surface area contributed by atoms with Gasteiger partial charge in [0.2, 0.25) is 0 Å². The van der Waals surface area contributed by atoms with Gasteiger partial charge >= 0.3 is 0 Å². The summed E-state index contributed by atoms with van der Waals surface area (Å²) in [5.41, 5.74) is 0. The molecule has 0 spiro atoms. The molecular weight excluding hydrogens is 588 g/mol. The van der Waals surface area contributed by atoms with Crippen molar-refractivity contribution in [2.24, 2.45) is 0 Å². The maximum Gasteiger partial charge on any atom is 0.0781 e. The van der Waals surface area contributed by atoms with E-state index in [1.165, 1.54) is 0 Å². The van der Waals surface area contributed by atoms with Crippen LogP contribution < -0.4 is 0 Å². The molecule has 0 aliphatic rings. The molecule has 0 bridgehead atoms. The van der Waals surface area contributed by atoms with Gasteiger partial charge in [0, 0.05) is 0 Å². The minimum Gasteiger partial charge on any atom is -0.394 e. The predicted octanol–water partition coefficient (Wildman–Crippen LogP) is 3.41. The molecule has 2 N–H and O–H groups in total. The van der Waals surface area contributed by atoms with Crippen LogP contribution in [0.5, 0.6) is 0 Å². The topological polar surface area (TPSA) is 133 Å². The van der Waals surface area contributed by atoms with E-state index in [1.54, 1.807) is 6.92 Å². The molecule has 272 valence electrons. The van der Waals surface area contributed by atoms with Crippen molar-refractivity contribution in [1.82, 2.24) is 0 Å². The van der Waals surface area contributed by atoms with Crippen LogP contribution in [0.3, 0.4) is 0 Å². The number of aliphatic hydroxyl groups excluding tert-OH is 2. The number of hydrogen-bond acceptors (Lipinski definition) is 12. The van der Waals surface area contributed by atoms with Crippen LogP contribution in [0.15, 0.2) is 0 Å². The van der Waals surface area contributed by atoms with E-state index in [1.807, 2.05) is 69.2 Å². The standard InChI is InChI=1S/C33H68O12/c1-23(35)13-36-25(3)15-38-27(5)17-40-29(7)19-42-31(9)21-44-33(11)22-45-32(10)20-43-30(8)18-41-28(6)16-39-26(4)14-37-24(2)12-34/h23-35H,12-22H2,1-11H3. The first kappa shape index (κ1) is 44.5. The third-order valence-electron chi connectivity index (χ3n) is 6.42. The van der Waals surface area contributed by atoms with Crippen LogP contribution in [-0.4, -0.2) is 150 Å². The van der Waals surface area contributed by atoms with E-state index in [0.29, 0.717) is 66.1 Å². The summed E-state index contributed by atoms with van der Waals surface area (Å²) in [5, 5.41) is 18.3. The van der Waals surface area contributed by atoms with Gasteiger partial charge in [-0.15, -0.1) is 0 Å². The molecule has 0 aliphatic carbocycles. The zero-order valence-electron chi connectivity index (χ0n) is 30.1. The summed E-state index contributed by atoms with van der Waals surface area (Å²) in [5.74, 6) is 0. The van der Waals surface area contributed by atoms with Crippen LogP contribution in [0, 0.1) is 0 Å². The molecule has 0 saturated heterocycles. The third kappa shape index (κ3) is 28.3. The molecule has 0 aromatic carbocycles. The van der Waals surface area contributed by atoms with Gasteiger partial charge in [0.1, 0.15) is 0 Å². The van der Waals surface area contributed by atoms with Crippen LogP contribution in [0.25, 0.3) is 0 Å². The Morgan fingerprint density at radius 3 is 0.600 bits per heavy atom. The highest BCUT2D eigenvalue weighted by atomic mass is 16.6. The van der Waals surface area contributed by atoms with E-state index in [4.69, 9.17) is 52.5 Å². The van der Waals surface area contributed by atoms with E-state index < -0.39 is 6.10 Å². The fourth-order valence-electron chi connectivity index (χ4n) is 3.49. The second kappa shape index (κ2) is 27.5. The maximum absolute atomic E-state index is 9.29. The molecule has 0 aromatic heterocycles. The molecule has 0 fully saturated rings. The molecule has 45 heavy (non-hydrogen) atoms. The van der Waals surface area contributed by atoms with Gasteiger partial charge in [0.15, 0.2) is 0 Å². The molecule has 0 rings (SSSR count). The lowest BCUT2D eigenvalue weighted by Gasteiger charge is -2.23. The SMILES string of the molecule is CC(O)COC(C)COC(C)COC(C)COC(C)COC(C)COC(C)COC(C)COC(C)COC(C)COC(C)CO. The second-order valence-corrected chi connectivity index (χ2v) is 12.5. The first-order valence-electron chi connectivity index (χ1n) is 16.7. The van der Waals surface area contributed by atoms with Gasteiger partial charge in [0.25, 0.3) is 0 Å². The zero-order chi connectivity index (χ0) is 34.2. The number of hydrogen-bond donors (Lipinski definition) is 2. The normalized spacial score (nSPS) is 19.7. The summed E-state index contributed by atoms with van der Waals surface area (Å²) in [6.45, 7) is 25.5. The Kier molecular flexibility index (Phi) is 27.2. The average Bonchev–Trinajstić information content (AvgIpc) is 3.01. The Hall–Kier alpha value is -0.480. The third-order valence-corrected chi connectivity index (χ3v) is 6.42. The Labute approximate surface area is 273 Å². The number of ether oxygens (including phenoxy) is 10. The van der Waals surface area contributed by atoms with Crippen molar-refractivity contribution in [3.63, 3.8) is 0 Å². The summed E-state index contributed by atoms with van der Waals surface area (Å²) in [6, 6.07) is 0. The van der Waals surface area contributed by atoms with E-state index in [2.05, 4.69) is 0 Å². The Bertz CT molecular complexity index is 657. The van der Waals surface area contributed by atoms with Crippen molar-refractivity contribution < 1.29 is 57.6 Å². The van der Waals surface area contributed by atoms with Gasteiger partial charge < -0.3 is 57.6 Å². The molecule has 12 nitrogen and oxygen atoms in total. The molecule has 11 unspecified atom stereocenters. The highest BCUT2D eigenvalue weighted by molar-refractivity contribution is 4.60. The number of rotatable bonds is 31. The summed E-state index contributed by atoms with van der Waals surface area (Å²) in [4.78, 5) is 0. The Morgan fingerprint density at radius 2 is 0.444 bits per heavy atom. The molecule has 0 heterocycles. The van der Waals surface area contributed by atoms with Crippen LogP contribution in [0.1, 0.15) is 76.2 Å². The molecule has 12 heteroatoms. The van der Waals surface area contributed by atoms with Crippen molar-refractivity contribution in [2.75, 3.05) is 72.7 Å². The van der Waals surface area contributed by atoms with Gasteiger partial charge in [-0.05, 0) is 76.2 Å². The van der Waals surface area contributed by atoms with Gasteiger partial charge in [-0.1, -0.05) is 0 Å². The van der Waals surface area contributed by atoms with E-state index in [-0.39, 0.29) is 67.6 Å². The zero-order valence-corrected chi connectivity index (χ0v) is 30.1. The summed E-state index contributed by atoms with van der Waals surface area (Å²) in [6.07, 6.45) is -1.41. The molecule has 0 amide bonds. The van der Waals surface area contributed by atoms with E-state index >= 15 is 0 Å². The van der Waals surface area contributed by atoms with Gasteiger partial charge in [0.05, 0.1) is 140 Å². The van der Waals surface area contributed by atoms with Gasteiger partial charge in [-0.2, -0.15) is 0 Å². The molecular formula is C33H68O12. The fraction of sp³-hybridized carbons (Fsp3) is 1.00. The minimum absolute atomic E-state index is 0.00500. The van der Waals surface area contributed by atoms with Crippen molar-refractivity contribution in [2.45, 2.75) is 143 Å². The van der Waals surface area contributed by atoms with Crippen molar-refractivity contribution in [3.8, 4) is 0 Å². The smallest absolute Gasteiger partial charge is 0.0781 e. The lowest BCUT2D eigenvalue weighted by Crippen LogP contribution is -2.30. The quantitative estimate of drug-likeness (QED) is 0.113. The highest BCUT2D eigenvalue weighted by Crippen LogP contribution is 2.06. The predicted molar refractivity (Wildman–Crippen MR) is 173 cm³/mol. The molecule has 11 atom stereocenters. The molecule has 0 aliphatic heterocycles. The van der Waals surface area contributed by atoms with Crippen LogP contribution in [-0.2, 0) is 47.4 Å². The molecule has 0 radical (unpaired) electrons. The first-order chi connectivity index (χ1) is 21.2. The largest absolute Gasteiger partial charge is 0.394 e. The van der Waals surface area contributed by atoms with Gasteiger partial charge in [-0.3, -0.25) is 0 Å². The van der Waals surface area contributed by atoms with Crippen LogP contribution >= 0.6 is 0 Å². The minimum atomic E-state index is -0.486. The molecule has 0 aromatic rings. The lowest BCUT2D eigenvalue weighted by atomic mass is 10.3. The second-order valence-electron chi connectivity index (χ2n) is 12.5. The van der Waals surface area contributed by atoms with Crippen molar-refractivity contribution in [1.29, 1.82) is 0 Å². The Balaban J connectivity index is 3.91. The van der Waals surface area contributed by atoms with Gasteiger partial charge in [-0.25, -0.2) is 0 Å². The van der Waals surface area contributed by atoms with E-state index in [0.717, 1.165) is 0 Å². The molecule has 0 saturated carbocycles. The number of aliphatic hydroxyl groups is 2. The summed E-state index contributed by atoms with van der Waals surface area (Å²) in [7, 11) is 0. The van der Waals surface area contributed by atoms with E-state index in [9.17, 15) is 5.11 Å². The fourth-order valence-corrected chi connectivity index (χ4v) is 3.49. The highest BCUT2D eigenvalue weighted by Gasteiger charge is 2.15. The monoisotopic (exact) mass is 656 g/mol. The Morgan fingerprint density at radius 1 is 0.289 bits per heavy atom. The van der Waals surface area contributed by atoms with Crippen LogP contribution in [0.4, 0.5) is 0 Å². The van der Waals surface area contributed by atoms with Crippen molar-refractivity contribution >= 4 is 0 Å². The average molecular weight is 657 g/mol. The summed E-state index contributed by atoms with van der Waals surface area (Å²) < 4.78 is 57.8. The summed E-state index contributed by atoms with van der Waals surface area (Å²) >= 11 is 0. The van der Waals surface area contributed by atoms with Crippen LogP contribution in [0.2, 0.25) is 0 Å². The lowest BCUT2D eigenvalue weighted by molar-refractivity contribution is -0.113.